The quantitative estimate of drug-likeness (QED) is 0.0215. The summed E-state index contributed by atoms with van der Waals surface area (Å²) < 4.78 is 11.1. The van der Waals surface area contributed by atoms with Gasteiger partial charge in [-0.15, -0.1) is 0 Å². The number of allylic oxidation sites excluding steroid dienone is 4. The molecule has 396 valence electrons. The molecule has 67 heavy (non-hydrogen) atoms. The SMILES string of the molecule is CCCCCCCCCCCCCC/C=C\CCCCCCCCCC(O)C(=O)NC(COC1OC(CO)C(O)C(O)C1O)C(O)C(O)CCC/C=C/CCCCCCCCCCCCCC. The number of carbonyl (C=O) groups is 1. The molecule has 9 atom stereocenters. The van der Waals surface area contributed by atoms with Crippen molar-refractivity contribution in [2.45, 2.75) is 313 Å². The molecule has 9 unspecified atom stereocenters. The van der Waals surface area contributed by atoms with Crippen molar-refractivity contribution < 1.29 is 50.0 Å². The highest BCUT2D eigenvalue weighted by atomic mass is 16.7. The number of aliphatic hydroxyl groups is 7. The van der Waals surface area contributed by atoms with Crippen LogP contribution in [0.4, 0.5) is 0 Å². The van der Waals surface area contributed by atoms with Crippen LogP contribution in [0.3, 0.4) is 0 Å². The maximum absolute atomic E-state index is 13.2. The third-order valence-electron chi connectivity index (χ3n) is 13.7. The van der Waals surface area contributed by atoms with Gasteiger partial charge in [-0.3, -0.25) is 4.79 Å². The predicted molar refractivity (Wildman–Crippen MR) is 275 cm³/mol. The third-order valence-corrected chi connectivity index (χ3v) is 13.7. The van der Waals surface area contributed by atoms with Gasteiger partial charge in [-0.1, -0.05) is 218 Å². The fraction of sp³-hybridized carbons (Fsp3) is 0.911. The zero-order valence-corrected chi connectivity index (χ0v) is 43.1. The van der Waals surface area contributed by atoms with Gasteiger partial charge in [0.15, 0.2) is 6.29 Å². The number of aliphatic hydroxyl groups excluding tert-OH is 7. The number of rotatable bonds is 48. The molecule has 0 aromatic heterocycles. The first-order chi connectivity index (χ1) is 32.7. The summed E-state index contributed by atoms with van der Waals surface area (Å²) in [5, 5.41) is 76.0. The highest BCUT2D eigenvalue weighted by Gasteiger charge is 2.44. The molecule has 0 aliphatic carbocycles. The standard InChI is InChI=1S/C56H107NO10/c1-3-5-7-9-11-13-15-17-19-21-22-23-24-25-26-28-30-32-34-36-38-40-42-44-49(60)55(65)57-47(46-66-56-54(64)53(63)52(62)50(45-58)67-56)51(61)48(59)43-41-39-37-35-33-31-29-27-20-18-16-14-12-10-8-6-4-2/h25-26,35,37,47-54,56,58-64H,3-24,27-34,36,38-46H2,1-2H3,(H,57,65)/b26-25-,37-35+. The zero-order valence-electron chi connectivity index (χ0n) is 43.1. The molecule has 1 heterocycles. The molecule has 0 aromatic rings. The molecular formula is C56H107NO10. The van der Waals surface area contributed by atoms with Crippen LogP contribution in [0.25, 0.3) is 0 Å². The van der Waals surface area contributed by atoms with Gasteiger partial charge in [-0.25, -0.2) is 0 Å². The Hall–Kier alpha value is -1.41. The van der Waals surface area contributed by atoms with Gasteiger partial charge in [-0.05, 0) is 64.2 Å². The number of unbranched alkanes of at least 4 members (excludes halogenated alkanes) is 32. The Morgan fingerprint density at radius 2 is 0.881 bits per heavy atom. The summed E-state index contributed by atoms with van der Waals surface area (Å²) in [5.41, 5.74) is 0. The molecule has 1 saturated heterocycles. The summed E-state index contributed by atoms with van der Waals surface area (Å²) in [7, 11) is 0. The summed E-state index contributed by atoms with van der Waals surface area (Å²) in [4.78, 5) is 13.2. The molecule has 11 nitrogen and oxygen atoms in total. The Morgan fingerprint density at radius 3 is 1.28 bits per heavy atom. The Morgan fingerprint density at radius 1 is 0.507 bits per heavy atom. The summed E-state index contributed by atoms with van der Waals surface area (Å²) in [6, 6.07) is -1.19. The highest BCUT2D eigenvalue weighted by molar-refractivity contribution is 5.80. The average Bonchev–Trinajstić information content (AvgIpc) is 3.33. The molecule has 1 aliphatic heterocycles. The van der Waals surface area contributed by atoms with E-state index in [1.54, 1.807) is 0 Å². The summed E-state index contributed by atoms with van der Waals surface area (Å²) >= 11 is 0. The van der Waals surface area contributed by atoms with Gasteiger partial charge in [0, 0.05) is 0 Å². The minimum absolute atomic E-state index is 0.250. The third kappa shape index (κ3) is 34.5. The molecule has 0 radical (unpaired) electrons. The van der Waals surface area contributed by atoms with Crippen LogP contribution in [0, 0.1) is 0 Å². The van der Waals surface area contributed by atoms with Crippen molar-refractivity contribution in [3.63, 3.8) is 0 Å². The molecule has 1 aliphatic rings. The fourth-order valence-electron chi connectivity index (χ4n) is 9.08. The number of nitrogens with one attached hydrogen (secondary N) is 1. The van der Waals surface area contributed by atoms with Gasteiger partial charge in [0.05, 0.1) is 25.4 Å². The van der Waals surface area contributed by atoms with Crippen LogP contribution in [-0.4, -0.2) is 110 Å². The van der Waals surface area contributed by atoms with E-state index in [1.807, 2.05) is 0 Å². The second-order valence-corrected chi connectivity index (χ2v) is 20.0. The van der Waals surface area contributed by atoms with E-state index in [4.69, 9.17) is 9.47 Å². The summed E-state index contributed by atoms with van der Waals surface area (Å²) in [6.07, 6.45) is 42.3. The lowest BCUT2D eigenvalue weighted by Crippen LogP contribution is -2.60. The van der Waals surface area contributed by atoms with Crippen molar-refractivity contribution in [1.29, 1.82) is 0 Å². The van der Waals surface area contributed by atoms with Crippen LogP contribution in [0.1, 0.15) is 258 Å². The largest absolute Gasteiger partial charge is 0.394 e. The lowest BCUT2D eigenvalue weighted by molar-refractivity contribution is -0.303. The van der Waals surface area contributed by atoms with E-state index >= 15 is 0 Å². The van der Waals surface area contributed by atoms with Crippen LogP contribution in [0.15, 0.2) is 24.3 Å². The second-order valence-electron chi connectivity index (χ2n) is 20.0. The maximum Gasteiger partial charge on any atom is 0.249 e. The van der Waals surface area contributed by atoms with E-state index < -0.39 is 74.2 Å². The van der Waals surface area contributed by atoms with E-state index in [-0.39, 0.29) is 12.8 Å². The lowest BCUT2D eigenvalue weighted by atomic mass is 9.98. The van der Waals surface area contributed by atoms with Gasteiger partial charge in [0.25, 0.3) is 0 Å². The summed E-state index contributed by atoms with van der Waals surface area (Å²) in [5.74, 6) is -0.707. The number of carbonyl (C=O) groups excluding carboxylic acids is 1. The number of amides is 1. The van der Waals surface area contributed by atoms with Gasteiger partial charge in [0.1, 0.15) is 36.6 Å². The number of hydrogen-bond acceptors (Lipinski definition) is 10. The number of hydrogen-bond donors (Lipinski definition) is 8. The lowest BCUT2D eigenvalue weighted by Gasteiger charge is -2.40. The minimum Gasteiger partial charge on any atom is -0.394 e. The van der Waals surface area contributed by atoms with Gasteiger partial charge < -0.3 is 50.5 Å². The van der Waals surface area contributed by atoms with Gasteiger partial charge >= 0.3 is 0 Å². The number of ether oxygens (including phenoxy) is 2. The van der Waals surface area contributed by atoms with E-state index in [2.05, 4.69) is 43.5 Å². The van der Waals surface area contributed by atoms with Crippen LogP contribution in [0.2, 0.25) is 0 Å². The Kier molecular flexibility index (Phi) is 43.4. The van der Waals surface area contributed by atoms with Crippen molar-refractivity contribution in [2.75, 3.05) is 13.2 Å². The monoisotopic (exact) mass is 954 g/mol. The topological polar surface area (TPSA) is 189 Å². The molecule has 0 bridgehead atoms. The van der Waals surface area contributed by atoms with Crippen molar-refractivity contribution in [3.8, 4) is 0 Å². The maximum atomic E-state index is 13.2. The molecule has 1 rings (SSSR count). The first-order valence-corrected chi connectivity index (χ1v) is 28.2. The van der Waals surface area contributed by atoms with Crippen LogP contribution < -0.4 is 5.32 Å². The second kappa shape index (κ2) is 45.7. The fourth-order valence-corrected chi connectivity index (χ4v) is 9.08. The minimum atomic E-state index is -1.67. The molecule has 0 aromatic carbocycles. The van der Waals surface area contributed by atoms with Crippen molar-refractivity contribution in [1.82, 2.24) is 5.32 Å². The van der Waals surface area contributed by atoms with E-state index in [1.165, 1.54) is 173 Å². The van der Waals surface area contributed by atoms with Crippen LogP contribution >= 0.6 is 0 Å². The zero-order chi connectivity index (χ0) is 49.0. The Balaban J connectivity index is 2.34. The summed E-state index contributed by atoms with van der Waals surface area (Å²) in [6.45, 7) is 3.46. The molecule has 1 amide bonds. The first kappa shape index (κ1) is 63.6. The Bertz CT molecular complexity index is 1140. The van der Waals surface area contributed by atoms with Crippen molar-refractivity contribution in [3.05, 3.63) is 24.3 Å². The predicted octanol–water partition coefficient (Wildman–Crippen LogP) is 11.3. The smallest absolute Gasteiger partial charge is 0.249 e. The molecule has 8 N–H and O–H groups in total. The van der Waals surface area contributed by atoms with Gasteiger partial charge in [-0.2, -0.15) is 0 Å². The van der Waals surface area contributed by atoms with Crippen molar-refractivity contribution >= 4 is 5.91 Å². The van der Waals surface area contributed by atoms with E-state index in [0.717, 1.165) is 44.9 Å². The van der Waals surface area contributed by atoms with Crippen LogP contribution in [0.5, 0.6) is 0 Å². The van der Waals surface area contributed by atoms with Crippen molar-refractivity contribution in [2.24, 2.45) is 0 Å². The Labute approximate surface area is 410 Å². The first-order valence-electron chi connectivity index (χ1n) is 28.2. The normalized spacial score (nSPS) is 20.8. The molecular weight excluding hydrogens is 847 g/mol. The average molecular weight is 954 g/mol. The molecule has 0 spiro atoms. The van der Waals surface area contributed by atoms with Gasteiger partial charge in [0.2, 0.25) is 5.91 Å². The van der Waals surface area contributed by atoms with E-state index in [0.29, 0.717) is 12.8 Å². The highest BCUT2D eigenvalue weighted by Crippen LogP contribution is 2.23. The van der Waals surface area contributed by atoms with E-state index in [9.17, 15) is 40.5 Å². The molecule has 1 fully saturated rings. The van der Waals surface area contributed by atoms with Crippen LogP contribution in [-0.2, 0) is 14.3 Å². The molecule has 11 heteroatoms. The molecule has 0 saturated carbocycles.